The summed E-state index contributed by atoms with van der Waals surface area (Å²) in [5.74, 6) is -6.00. The summed E-state index contributed by atoms with van der Waals surface area (Å²) in [5.41, 5.74) is -0.257. The molecule has 4 heterocycles. The Bertz CT molecular complexity index is 2880. The second-order valence-corrected chi connectivity index (χ2v) is 20.6. The second kappa shape index (κ2) is 21.2. The van der Waals surface area contributed by atoms with Crippen molar-refractivity contribution in [2.24, 2.45) is 34.8 Å². The van der Waals surface area contributed by atoms with Crippen molar-refractivity contribution >= 4 is 56.2 Å². The van der Waals surface area contributed by atoms with E-state index in [2.05, 4.69) is 20.3 Å². The molecule has 1 aromatic heterocycles. The average Bonchev–Trinajstić information content (AvgIpc) is 3.67. The number of piperazine rings is 1. The topological polar surface area (TPSA) is 243 Å². The molecule has 4 bridgehead atoms. The number of fused-ring (bicyclic) bond motifs is 2. The van der Waals surface area contributed by atoms with Gasteiger partial charge in [0.2, 0.25) is 0 Å². The Morgan fingerprint density at radius 3 is 2.32 bits per heavy atom. The molecule has 0 radical (unpaired) electrons. The Hall–Kier alpha value is -6.08. The van der Waals surface area contributed by atoms with Gasteiger partial charge in [-0.05, 0) is 38.7 Å². The van der Waals surface area contributed by atoms with Crippen LogP contribution in [0.4, 0.5) is 11.4 Å². The number of benzene rings is 3. The highest BCUT2D eigenvalue weighted by atomic mass is 16.7. The van der Waals surface area contributed by atoms with E-state index in [0.29, 0.717) is 24.7 Å². The first kappa shape index (κ1) is 52.2. The third-order valence-corrected chi connectivity index (χ3v) is 15.7. The molecule has 10 atom stereocenters. The number of aliphatic hydroxyl groups is 2. The molecule has 8 rings (SSSR count). The number of hydrogen-bond donors (Lipinski definition) is 5. The number of aromatic hydroxyl groups is 2. The number of amides is 1. The number of hydrogen-bond acceptors (Lipinski definition) is 17. The van der Waals surface area contributed by atoms with Crippen molar-refractivity contribution in [3.05, 3.63) is 74.5 Å². The first-order chi connectivity index (χ1) is 34.3. The van der Waals surface area contributed by atoms with Gasteiger partial charge in [-0.15, -0.1) is 4.91 Å². The Morgan fingerprint density at radius 1 is 0.944 bits per heavy atom. The van der Waals surface area contributed by atoms with E-state index < -0.39 is 83.0 Å². The van der Waals surface area contributed by atoms with Crippen molar-refractivity contribution in [1.29, 1.82) is 0 Å². The quantitative estimate of drug-likeness (QED) is 0.0404. The molecule has 18 nitrogen and oxygen atoms in total. The third-order valence-electron chi connectivity index (χ3n) is 15.7. The van der Waals surface area contributed by atoms with Crippen LogP contribution in [0.1, 0.15) is 97.7 Å². The fourth-order valence-electron chi connectivity index (χ4n) is 11.3. The highest BCUT2D eigenvalue weighted by molar-refractivity contribution is 6.20. The number of esters is 1. The number of phenolic OH excluding ortho intramolecular Hbond substituents is 2. The lowest BCUT2D eigenvalue weighted by molar-refractivity contribution is -0.160. The molecular formula is C54H69N5O13. The van der Waals surface area contributed by atoms with Gasteiger partial charge in [-0.2, -0.15) is 0 Å². The largest absolute Gasteiger partial charge is 0.505 e. The van der Waals surface area contributed by atoms with Crippen molar-refractivity contribution in [2.45, 2.75) is 124 Å². The second-order valence-electron chi connectivity index (χ2n) is 20.6. The summed E-state index contributed by atoms with van der Waals surface area (Å²) in [6.45, 7) is 16.8. The van der Waals surface area contributed by atoms with Gasteiger partial charge in [0.15, 0.2) is 28.4 Å². The smallest absolute Gasteiger partial charge is 0.302 e. The molecule has 3 aliphatic heterocycles. The molecule has 388 valence electrons. The van der Waals surface area contributed by atoms with Crippen LogP contribution in [0.5, 0.6) is 17.2 Å². The van der Waals surface area contributed by atoms with Gasteiger partial charge in [0, 0.05) is 117 Å². The van der Waals surface area contributed by atoms with Gasteiger partial charge in [-0.25, -0.2) is 4.98 Å². The molecule has 1 amide bonds. The van der Waals surface area contributed by atoms with Gasteiger partial charge >= 0.3 is 5.97 Å². The van der Waals surface area contributed by atoms with Gasteiger partial charge in [0.25, 0.3) is 11.7 Å². The molecule has 3 aromatic carbocycles. The lowest BCUT2D eigenvalue weighted by atomic mass is 9.78. The van der Waals surface area contributed by atoms with E-state index in [-0.39, 0.29) is 66.9 Å². The number of aromatic nitrogens is 1. The molecular weight excluding hydrogens is 927 g/mol. The van der Waals surface area contributed by atoms with Crippen molar-refractivity contribution in [1.82, 2.24) is 9.88 Å². The van der Waals surface area contributed by atoms with Crippen molar-refractivity contribution in [2.75, 3.05) is 50.1 Å². The minimum atomic E-state index is -1.92. The van der Waals surface area contributed by atoms with E-state index in [1.807, 2.05) is 0 Å². The van der Waals surface area contributed by atoms with E-state index in [4.69, 9.17) is 28.3 Å². The molecule has 5 N–H and O–H groups in total. The first-order valence-electron chi connectivity index (χ1n) is 25.2. The Labute approximate surface area is 418 Å². The van der Waals surface area contributed by atoms with Crippen LogP contribution >= 0.6 is 0 Å². The summed E-state index contributed by atoms with van der Waals surface area (Å²) in [6, 6.07) is 1.83. The van der Waals surface area contributed by atoms with Gasteiger partial charge in [0.1, 0.15) is 34.3 Å². The Morgan fingerprint density at radius 2 is 1.65 bits per heavy atom. The SMILES string of the molecule is CO[C@H]1C=CO[C@@]2(C)Oc3c(C)c(=O)c4c(O)c(c5oc6cc(N7CCN(CC8CCCCC8)CC7)cc(O)c6nc5c4c3C2N=O)NC(=O)C(C)=CC=C[C@H](C)[C@H](O)[C@@H](C)[C@@H](O)[C@@H](C)[C@H](OC(C)=O)[C@@H]1C. The first-order valence-corrected chi connectivity index (χ1v) is 25.2. The maximum Gasteiger partial charge on any atom is 0.302 e. The maximum absolute atomic E-state index is 14.6. The van der Waals surface area contributed by atoms with Crippen LogP contribution in [0.25, 0.3) is 33.0 Å². The summed E-state index contributed by atoms with van der Waals surface area (Å²) in [6.07, 6.45) is 9.99. The van der Waals surface area contributed by atoms with E-state index in [9.17, 15) is 39.7 Å². The molecule has 4 aliphatic rings. The van der Waals surface area contributed by atoms with Crippen LogP contribution in [-0.4, -0.2) is 112 Å². The fraction of sp³-hybridized carbons (Fsp3) is 0.556. The molecule has 2 fully saturated rings. The van der Waals surface area contributed by atoms with Crippen molar-refractivity contribution in [3.8, 4) is 17.2 Å². The predicted molar refractivity (Wildman–Crippen MR) is 273 cm³/mol. The molecule has 1 saturated heterocycles. The number of carbonyl (C=O) groups excluding carboxylic acids is 2. The number of ether oxygens (including phenoxy) is 4. The average molecular weight is 996 g/mol. The van der Waals surface area contributed by atoms with Gasteiger partial charge in [-0.3, -0.25) is 19.3 Å². The molecule has 0 spiro atoms. The molecule has 72 heavy (non-hydrogen) atoms. The number of phenols is 2. The van der Waals surface area contributed by atoms with Crippen LogP contribution < -0.4 is 20.4 Å². The summed E-state index contributed by atoms with van der Waals surface area (Å²) >= 11 is 0. The number of carbonyl (C=O) groups is 2. The summed E-state index contributed by atoms with van der Waals surface area (Å²) in [5, 5.41) is 53.1. The highest BCUT2D eigenvalue weighted by Gasteiger charge is 2.52. The van der Waals surface area contributed by atoms with E-state index in [0.717, 1.165) is 19.6 Å². The Balaban J connectivity index is 1.28. The van der Waals surface area contributed by atoms with Crippen LogP contribution in [-0.2, 0) is 23.8 Å². The highest BCUT2D eigenvalue weighted by Crippen LogP contribution is 2.54. The van der Waals surface area contributed by atoms with Gasteiger partial charge < -0.3 is 54.0 Å². The van der Waals surface area contributed by atoms with Crippen LogP contribution in [0.3, 0.4) is 0 Å². The van der Waals surface area contributed by atoms with Gasteiger partial charge in [0.05, 0.1) is 30.0 Å². The lowest BCUT2D eigenvalue weighted by Crippen LogP contribution is -2.48. The molecule has 18 heteroatoms. The molecule has 1 aliphatic carbocycles. The number of nitroso groups, excluding NO2 is 1. The van der Waals surface area contributed by atoms with Gasteiger partial charge in [-0.1, -0.05) is 70.4 Å². The number of methoxy groups -OCH3 is 1. The maximum atomic E-state index is 14.6. The lowest BCUT2D eigenvalue weighted by Gasteiger charge is -2.38. The zero-order chi connectivity index (χ0) is 51.9. The number of rotatable bonds is 6. The van der Waals surface area contributed by atoms with Crippen molar-refractivity contribution in [3.63, 3.8) is 0 Å². The standard InChI is InChI=1S/C54H69N5O13/c1-27-14-13-15-28(2)53(66)56-44-48(65)40-39(43-51(44)71-38-25-35(24-36(61)42(38)55-43)59-21-19-58(20-22-59)26-34-16-11-10-12-17-34)41-50(32(6)47(40)64)72-54(8,52(41)57-67)69-23-18-37(68-9)29(3)49(70-33(7)60)31(5)46(63)30(4)45(27)62/h13-15,18,23-25,27,29-31,34,37,45-46,49,52,61-63,65H,10-12,16-17,19-22,26H2,1-9H3,(H,56,66)/t27-,29+,30+,31+,37-,45-,46+,49+,52?,54-/m0/s1. The Kier molecular flexibility index (Phi) is 15.4. The summed E-state index contributed by atoms with van der Waals surface area (Å²) in [7, 11) is 1.45. The number of anilines is 2. The summed E-state index contributed by atoms with van der Waals surface area (Å²) < 4.78 is 30.9. The molecule has 1 saturated carbocycles. The van der Waals surface area contributed by atoms with E-state index in [1.165, 1.54) is 85.3 Å². The van der Waals surface area contributed by atoms with E-state index >= 15 is 0 Å². The summed E-state index contributed by atoms with van der Waals surface area (Å²) in [4.78, 5) is 64.1. The van der Waals surface area contributed by atoms with Crippen LogP contribution in [0, 0.1) is 41.4 Å². The van der Waals surface area contributed by atoms with Crippen LogP contribution in [0.15, 0.2) is 62.7 Å². The fourth-order valence-corrected chi connectivity index (χ4v) is 11.3. The predicted octanol–water partition coefficient (Wildman–Crippen LogP) is 8.03. The number of aliphatic hydroxyl groups excluding tert-OH is 2. The molecule has 1 unspecified atom stereocenters. The third kappa shape index (κ3) is 9.89. The zero-order valence-electron chi connectivity index (χ0n) is 42.6. The molecule has 4 aromatic rings. The minimum absolute atomic E-state index is 0.00383. The number of nitrogens with one attached hydrogen (secondary N) is 1. The normalized spacial score (nSPS) is 29.3. The monoisotopic (exact) mass is 995 g/mol. The number of allylic oxidation sites excluding steroid dienone is 2. The minimum Gasteiger partial charge on any atom is -0.505 e. The van der Waals surface area contributed by atoms with E-state index in [1.54, 1.807) is 52.0 Å². The van der Waals surface area contributed by atoms with Crippen LogP contribution in [0.2, 0.25) is 0 Å². The zero-order valence-corrected chi connectivity index (χ0v) is 42.6. The number of nitrogens with zero attached hydrogens (tertiary/aromatic N) is 4. The van der Waals surface area contributed by atoms with Crippen molar-refractivity contribution < 1.29 is 53.4 Å².